The zero-order valence-electron chi connectivity index (χ0n) is 15.6. The van der Waals surface area contributed by atoms with Gasteiger partial charge in [-0.3, -0.25) is 14.5 Å². The lowest BCUT2D eigenvalue weighted by molar-refractivity contribution is -0.121. The summed E-state index contributed by atoms with van der Waals surface area (Å²) in [7, 11) is 2.04. The standard InChI is InChI=1S/C20H22ClN5OS/c1-25(17-6-3-2-4-7-17)13-5-12-22-18(27)14-26-19(23-24-20(26)28)15-8-10-16(21)11-9-15/h2-4,6-11H,5,12-14H2,1H3,(H,22,27)(H,24,28). The van der Waals surface area contributed by atoms with E-state index in [4.69, 9.17) is 23.8 Å². The van der Waals surface area contributed by atoms with Crippen LogP contribution in [0.2, 0.25) is 5.02 Å². The first-order valence-corrected chi connectivity index (χ1v) is 9.77. The summed E-state index contributed by atoms with van der Waals surface area (Å²) >= 11 is 11.2. The van der Waals surface area contributed by atoms with Gasteiger partial charge in [-0.2, -0.15) is 5.10 Å². The summed E-state index contributed by atoms with van der Waals surface area (Å²) < 4.78 is 2.09. The predicted molar refractivity (Wildman–Crippen MR) is 115 cm³/mol. The predicted octanol–water partition coefficient (Wildman–Crippen LogP) is 3.90. The highest BCUT2D eigenvalue weighted by molar-refractivity contribution is 7.71. The summed E-state index contributed by atoms with van der Waals surface area (Å²) in [6, 6.07) is 17.4. The molecule has 3 aromatic rings. The molecule has 0 aliphatic rings. The fourth-order valence-electron chi connectivity index (χ4n) is 2.84. The number of halogens is 1. The van der Waals surface area contributed by atoms with Gasteiger partial charge in [0.2, 0.25) is 5.91 Å². The molecule has 0 aliphatic heterocycles. The Morgan fingerprint density at radius 3 is 2.64 bits per heavy atom. The van der Waals surface area contributed by atoms with Crippen LogP contribution in [0.5, 0.6) is 0 Å². The second kappa shape index (κ2) is 9.52. The van der Waals surface area contributed by atoms with Crippen LogP contribution in [0.3, 0.4) is 0 Å². The zero-order chi connectivity index (χ0) is 19.9. The first-order chi connectivity index (χ1) is 13.5. The van der Waals surface area contributed by atoms with E-state index in [2.05, 4.69) is 32.5 Å². The van der Waals surface area contributed by atoms with Crippen molar-refractivity contribution in [3.05, 3.63) is 64.4 Å². The van der Waals surface area contributed by atoms with Crippen molar-refractivity contribution in [1.82, 2.24) is 20.1 Å². The number of carbonyl (C=O) groups is 1. The van der Waals surface area contributed by atoms with E-state index in [9.17, 15) is 4.79 Å². The van der Waals surface area contributed by atoms with Crippen molar-refractivity contribution in [2.75, 3.05) is 25.0 Å². The molecule has 3 rings (SSSR count). The van der Waals surface area contributed by atoms with Gasteiger partial charge in [-0.15, -0.1) is 0 Å². The van der Waals surface area contributed by atoms with Gasteiger partial charge in [0, 0.05) is 36.4 Å². The highest BCUT2D eigenvalue weighted by atomic mass is 35.5. The highest BCUT2D eigenvalue weighted by Crippen LogP contribution is 2.19. The van der Waals surface area contributed by atoms with E-state index in [0.29, 0.717) is 22.2 Å². The second-order valence-electron chi connectivity index (χ2n) is 6.41. The lowest BCUT2D eigenvalue weighted by Gasteiger charge is -2.19. The SMILES string of the molecule is CN(CCCNC(=O)Cn1c(-c2ccc(Cl)cc2)n[nH]c1=S)c1ccccc1. The van der Waals surface area contributed by atoms with Crippen LogP contribution in [0, 0.1) is 4.77 Å². The fraction of sp³-hybridized carbons (Fsp3) is 0.250. The van der Waals surface area contributed by atoms with Crippen LogP contribution in [-0.2, 0) is 11.3 Å². The number of para-hydroxylation sites is 1. The maximum absolute atomic E-state index is 12.4. The van der Waals surface area contributed by atoms with Crippen molar-refractivity contribution in [3.8, 4) is 11.4 Å². The Morgan fingerprint density at radius 1 is 1.21 bits per heavy atom. The first kappa shape index (κ1) is 20.1. The number of amides is 1. The number of hydrogen-bond acceptors (Lipinski definition) is 4. The molecule has 8 heteroatoms. The minimum Gasteiger partial charge on any atom is -0.375 e. The van der Waals surface area contributed by atoms with E-state index < -0.39 is 0 Å². The van der Waals surface area contributed by atoms with Crippen LogP contribution in [0.4, 0.5) is 5.69 Å². The summed E-state index contributed by atoms with van der Waals surface area (Å²) in [6.07, 6.45) is 0.845. The number of aromatic amines is 1. The Balaban J connectivity index is 1.52. The average Bonchev–Trinajstić information content (AvgIpc) is 3.06. The summed E-state index contributed by atoms with van der Waals surface area (Å²) in [5.41, 5.74) is 2.00. The van der Waals surface area contributed by atoms with Gasteiger partial charge in [0.05, 0.1) is 0 Å². The molecule has 0 spiro atoms. The number of anilines is 1. The van der Waals surface area contributed by atoms with Crippen molar-refractivity contribution < 1.29 is 4.79 Å². The van der Waals surface area contributed by atoms with E-state index in [1.54, 1.807) is 16.7 Å². The molecular weight excluding hydrogens is 394 g/mol. The lowest BCUT2D eigenvalue weighted by atomic mass is 10.2. The Kier molecular flexibility index (Phi) is 6.84. The fourth-order valence-corrected chi connectivity index (χ4v) is 3.16. The second-order valence-corrected chi connectivity index (χ2v) is 7.23. The quantitative estimate of drug-likeness (QED) is 0.432. The summed E-state index contributed by atoms with van der Waals surface area (Å²) in [5, 5.41) is 10.6. The van der Waals surface area contributed by atoms with Gasteiger partial charge in [0.1, 0.15) is 6.54 Å². The van der Waals surface area contributed by atoms with Crippen LogP contribution in [-0.4, -0.2) is 40.8 Å². The molecule has 1 aromatic heterocycles. The van der Waals surface area contributed by atoms with Gasteiger partial charge < -0.3 is 10.2 Å². The number of nitrogens with zero attached hydrogens (tertiary/aromatic N) is 3. The molecule has 0 radical (unpaired) electrons. The van der Waals surface area contributed by atoms with Crippen molar-refractivity contribution in [1.29, 1.82) is 0 Å². The van der Waals surface area contributed by atoms with Crippen LogP contribution in [0.25, 0.3) is 11.4 Å². The van der Waals surface area contributed by atoms with Crippen LogP contribution in [0.15, 0.2) is 54.6 Å². The number of benzene rings is 2. The smallest absolute Gasteiger partial charge is 0.240 e. The van der Waals surface area contributed by atoms with Crippen LogP contribution in [0.1, 0.15) is 6.42 Å². The Morgan fingerprint density at radius 2 is 1.93 bits per heavy atom. The number of H-pyrrole nitrogens is 1. The number of aromatic nitrogens is 3. The van der Waals surface area contributed by atoms with Crippen molar-refractivity contribution >= 4 is 35.4 Å². The third-order valence-electron chi connectivity index (χ3n) is 4.35. The topological polar surface area (TPSA) is 66.0 Å². The van der Waals surface area contributed by atoms with Gasteiger partial charge in [-0.25, -0.2) is 0 Å². The van der Waals surface area contributed by atoms with E-state index in [1.807, 2.05) is 37.4 Å². The maximum Gasteiger partial charge on any atom is 0.240 e. The van der Waals surface area contributed by atoms with Crippen molar-refractivity contribution in [2.45, 2.75) is 13.0 Å². The number of hydrogen-bond donors (Lipinski definition) is 2. The summed E-state index contributed by atoms with van der Waals surface area (Å²) in [4.78, 5) is 14.5. The molecule has 0 saturated heterocycles. The first-order valence-electron chi connectivity index (χ1n) is 8.98. The Hall–Kier alpha value is -2.64. The third-order valence-corrected chi connectivity index (χ3v) is 4.92. The van der Waals surface area contributed by atoms with Gasteiger partial charge in [-0.1, -0.05) is 29.8 Å². The largest absolute Gasteiger partial charge is 0.375 e. The third kappa shape index (κ3) is 5.21. The molecule has 0 unspecified atom stereocenters. The molecule has 28 heavy (non-hydrogen) atoms. The molecule has 0 fully saturated rings. The normalized spacial score (nSPS) is 10.6. The molecule has 0 bridgehead atoms. The molecule has 1 heterocycles. The van der Waals surface area contributed by atoms with Gasteiger partial charge in [0.15, 0.2) is 10.6 Å². The minimum absolute atomic E-state index is 0.102. The van der Waals surface area contributed by atoms with E-state index in [1.165, 1.54) is 0 Å². The Labute approximate surface area is 174 Å². The zero-order valence-corrected chi connectivity index (χ0v) is 17.1. The van der Waals surface area contributed by atoms with Crippen molar-refractivity contribution in [3.63, 3.8) is 0 Å². The molecular formula is C20H22ClN5OS. The maximum atomic E-state index is 12.4. The molecule has 146 valence electrons. The molecule has 0 saturated carbocycles. The van der Waals surface area contributed by atoms with Gasteiger partial charge in [-0.05, 0) is 55.0 Å². The monoisotopic (exact) mass is 415 g/mol. The molecule has 2 N–H and O–H groups in total. The van der Waals surface area contributed by atoms with E-state index in [-0.39, 0.29) is 12.5 Å². The number of rotatable bonds is 8. The number of nitrogens with one attached hydrogen (secondary N) is 2. The molecule has 0 atom stereocenters. The molecule has 1 amide bonds. The van der Waals surface area contributed by atoms with E-state index in [0.717, 1.165) is 24.2 Å². The molecule has 0 aliphatic carbocycles. The number of carbonyl (C=O) groups excluding carboxylic acids is 1. The average molecular weight is 416 g/mol. The highest BCUT2D eigenvalue weighted by Gasteiger charge is 2.12. The molecule has 2 aromatic carbocycles. The summed E-state index contributed by atoms with van der Waals surface area (Å²) in [6.45, 7) is 1.56. The molecule has 6 nitrogen and oxygen atoms in total. The summed E-state index contributed by atoms with van der Waals surface area (Å²) in [5.74, 6) is 0.510. The Bertz CT molecular complexity index is 968. The van der Waals surface area contributed by atoms with E-state index >= 15 is 0 Å². The van der Waals surface area contributed by atoms with Crippen LogP contribution >= 0.6 is 23.8 Å². The van der Waals surface area contributed by atoms with Gasteiger partial charge in [0.25, 0.3) is 0 Å². The van der Waals surface area contributed by atoms with Crippen LogP contribution < -0.4 is 10.2 Å². The lowest BCUT2D eigenvalue weighted by Crippen LogP contribution is -2.31. The minimum atomic E-state index is -0.102. The van der Waals surface area contributed by atoms with Gasteiger partial charge >= 0.3 is 0 Å². The van der Waals surface area contributed by atoms with Crippen molar-refractivity contribution in [2.24, 2.45) is 0 Å².